The van der Waals surface area contributed by atoms with Gasteiger partial charge in [0.2, 0.25) is 0 Å². The third-order valence-electron chi connectivity index (χ3n) is 2.26. The van der Waals surface area contributed by atoms with Gasteiger partial charge in [0.1, 0.15) is 17.5 Å². The highest BCUT2D eigenvalue weighted by molar-refractivity contribution is 6.30. The summed E-state index contributed by atoms with van der Waals surface area (Å²) in [6.45, 7) is 0. The third-order valence-corrected chi connectivity index (χ3v) is 2.48. The Bertz CT molecular complexity index is 564. The largest absolute Gasteiger partial charge is 0.396 e. The Morgan fingerprint density at radius 2 is 1.59 bits per heavy atom. The van der Waals surface area contributed by atoms with Crippen LogP contribution in [-0.2, 0) is 0 Å². The van der Waals surface area contributed by atoms with Crippen molar-refractivity contribution in [3.63, 3.8) is 0 Å². The monoisotopic (exact) mass is 257 g/mol. The fourth-order valence-corrected chi connectivity index (χ4v) is 1.71. The average molecular weight is 258 g/mol. The van der Waals surface area contributed by atoms with Crippen molar-refractivity contribution in [1.82, 2.24) is 0 Å². The van der Waals surface area contributed by atoms with Crippen molar-refractivity contribution in [3.8, 4) is 11.1 Å². The molecule has 0 bridgehead atoms. The minimum absolute atomic E-state index is 0.0851. The van der Waals surface area contributed by atoms with Gasteiger partial charge in [0.15, 0.2) is 0 Å². The molecule has 2 rings (SSSR count). The highest BCUT2D eigenvalue weighted by atomic mass is 35.5. The molecule has 0 saturated carbocycles. The molecular weight excluding hydrogens is 251 g/mol. The van der Waals surface area contributed by atoms with E-state index in [0.717, 1.165) is 24.3 Å². The second-order valence-electron chi connectivity index (χ2n) is 3.51. The van der Waals surface area contributed by atoms with Gasteiger partial charge in [-0.1, -0.05) is 11.6 Å². The van der Waals surface area contributed by atoms with Crippen LogP contribution in [0.2, 0.25) is 5.02 Å². The van der Waals surface area contributed by atoms with E-state index in [1.807, 2.05) is 0 Å². The van der Waals surface area contributed by atoms with Gasteiger partial charge in [-0.2, -0.15) is 0 Å². The maximum Gasteiger partial charge on any atom is 0.146 e. The molecule has 1 nitrogen and oxygen atoms in total. The predicted octanol–water partition coefficient (Wildman–Crippen LogP) is 4.01. The van der Waals surface area contributed by atoms with Crippen LogP contribution in [0.15, 0.2) is 30.3 Å². The van der Waals surface area contributed by atoms with Crippen molar-refractivity contribution in [1.29, 1.82) is 0 Å². The lowest BCUT2D eigenvalue weighted by Gasteiger charge is -2.06. The van der Waals surface area contributed by atoms with Gasteiger partial charge < -0.3 is 5.73 Å². The van der Waals surface area contributed by atoms with Crippen molar-refractivity contribution < 1.29 is 13.2 Å². The molecule has 0 amide bonds. The van der Waals surface area contributed by atoms with E-state index < -0.39 is 17.5 Å². The van der Waals surface area contributed by atoms with Gasteiger partial charge in [-0.05, 0) is 29.8 Å². The summed E-state index contributed by atoms with van der Waals surface area (Å²) in [6, 6.07) is 5.26. The summed E-state index contributed by atoms with van der Waals surface area (Å²) in [5, 5.41) is 0.108. The summed E-state index contributed by atoms with van der Waals surface area (Å²) in [7, 11) is 0. The van der Waals surface area contributed by atoms with Crippen LogP contribution in [0.5, 0.6) is 0 Å². The molecule has 2 N–H and O–H groups in total. The normalized spacial score (nSPS) is 10.6. The summed E-state index contributed by atoms with van der Waals surface area (Å²) in [6.07, 6.45) is 0. The summed E-state index contributed by atoms with van der Waals surface area (Å²) >= 11 is 5.64. The smallest absolute Gasteiger partial charge is 0.146 e. The van der Waals surface area contributed by atoms with E-state index in [0.29, 0.717) is 0 Å². The summed E-state index contributed by atoms with van der Waals surface area (Å²) in [5.41, 5.74) is 4.99. The van der Waals surface area contributed by atoms with E-state index in [-0.39, 0.29) is 21.8 Å². The number of hydrogen-bond acceptors (Lipinski definition) is 1. The summed E-state index contributed by atoms with van der Waals surface area (Å²) < 4.78 is 39.9. The molecule has 0 atom stereocenters. The number of nitrogen functional groups attached to an aromatic ring is 1. The lowest BCUT2D eigenvalue weighted by molar-refractivity contribution is 0.606. The summed E-state index contributed by atoms with van der Waals surface area (Å²) in [4.78, 5) is 0. The maximum atomic E-state index is 13.6. The first-order chi connectivity index (χ1) is 7.97. The number of rotatable bonds is 1. The molecule has 0 radical (unpaired) electrons. The van der Waals surface area contributed by atoms with E-state index in [4.69, 9.17) is 17.3 Å². The van der Waals surface area contributed by atoms with Gasteiger partial charge in [0, 0.05) is 16.7 Å². The Morgan fingerprint density at radius 3 is 2.24 bits per heavy atom. The van der Waals surface area contributed by atoms with E-state index in [1.165, 1.54) is 6.07 Å². The second-order valence-corrected chi connectivity index (χ2v) is 3.95. The molecule has 17 heavy (non-hydrogen) atoms. The highest BCUT2D eigenvalue weighted by Gasteiger charge is 2.11. The molecule has 0 unspecified atom stereocenters. The van der Waals surface area contributed by atoms with E-state index in [2.05, 4.69) is 0 Å². The molecule has 2 aromatic rings. The Balaban J connectivity index is 2.64. The van der Waals surface area contributed by atoms with Crippen LogP contribution in [0.4, 0.5) is 18.9 Å². The fourth-order valence-electron chi connectivity index (χ4n) is 1.49. The molecule has 0 fully saturated rings. The van der Waals surface area contributed by atoms with Gasteiger partial charge >= 0.3 is 0 Å². The van der Waals surface area contributed by atoms with Gasteiger partial charge in [-0.3, -0.25) is 0 Å². The molecule has 0 aromatic heterocycles. The molecule has 0 aliphatic heterocycles. The third kappa shape index (κ3) is 2.36. The molecule has 88 valence electrons. The number of nitrogens with two attached hydrogens (primary N) is 1. The van der Waals surface area contributed by atoms with Crippen LogP contribution in [0.1, 0.15) is 0 Å². The van der Waals surface area contributed by atoms with Crippen molar-refractivity contribution in [2.75, 3.05) is 5.73 Å². The zero-order valence-electron chi connectivity index (χ0n) is 8.48. The zero-order chi connectivity index (χ0) is 12.6. The average Bonchev–Trinajstić information content (AvgIpc) is 2.22. The Morgan fingerprint density at radius 1 is 0.882 bits per heavy atom. The second kappa shape index (κ2) is 4.30. The van der Waals surface area contributed by atoms with Crippen LogP contribution in [0.3, 0.4) is 0 Å². The molecule has 0 aliphatic rings. The van der Waals surface area contributed by atoms with Gasteiger partial charge in [-0.15, -0.1) is 0 Å². The first kappa shape index (κ1) is 11.8. The van der Waals surface area contributed by atoms with E-state index in [1.54, 1.807) is 0 Å². The van der Waals surface area contributed by atoms with Crippen LogP contribution >= 0.6 is 11.6 Å². The molecule has 0 aliphatic carbocycles. The van der Waals surface area contributed by atoms with Crippen molar-refractivity contribution >= 4 is 17.3 Å². The number of anilines is 1. The Labute approximate surface area is 101 Å². The quantitative estimate of drug-likeness (QED) is 0.768. The van der Waals surface area contributed by atoms with Crippen LogP contribution in [-0.4, -0.2) is 0 Å². The molecule has 0 saturated heterocycles. The maximum absolute atomic E-state index is 13.6. The summed E-state index contributed by atoms with van der Waals surface area (Å²) in [5.74, 6) is -2.11. The number of benzene rings is 2. The lowest BCUT2D eigenvalue weighted by Crippen LogP contribution is -1.95. The number of hydrogen-bond donors (Lipinski definition) is 1. The minimum atomic E-state index is -0.762. The standard InChI is InChI=1S/C12H7ClF3N/c13-7-1-6(2-8(14)3-7)9-4-11(16)12(17)5-10(9)15/h1-5H,17H2. The predicted molar refractivity (Wildman–Crippen MR) is 61.2 cm³/mol. The topological polar surface area (TPSA) is 26.0 Å². The lowest BCUT2D eigenvalue weighted by atomic mass is 10.0. The molecule has 5 heteroatoms. The van der Waals surface area contributed by atoms with Crippen LogP contribution in [0.25, 0.3) is 11.1 Å². The molecule has 2 aromatic carbocycles. The van der Waals surface area contributed by atoms with E-state index in [9.17, 15) is 13.2 Å². The van der Waals surface area contributed by atoms with Crippen LogP contribution < -0.4 is 5.73 Å². The fraction of sp³-hybridized carbons (Fsp3) is 0. The van der Waals surface area contributed by atoms with Crippen molar-refractivity contribution in [3.05, 3.63) is 52.8 Å². The van der Waals surface area contributed by atoms with Crippen LogP contribution in [0, 0.1) is 17.5 Å². The molecular formula is C12H7ClF3N. The van der Waals surface area contributed by atoms with E-state index >= 15 is 0 Å². The van der Waals surface area contributed by atoms with Gasteiger partial charge in [0.05, 0.1) is 5.69 Å². The highest BCUT2D eigenvalue weighted by Crippen LogP contribution is 2.29. The molecule has 0 heterocycles. The van der Waals surface area contributed by atoms with Gasteiger partial charge in [0.25, 0.3) is 0 Å². The van der Waals surface area contributed by atoms with Gasteiger partial charge in [-0.25, -0.2) is 13.2 Å². The van der Waals surface area contributed by atoms with Crippen molar-refractivity contribution in [2.24, 2.45) is 0 Å². The molecule has 0 spiro atoms. The first-order valence-electron chi connectivity index (χ1n) is 4.68. The Hall–Kier alpha value is -1.68. The number of halogens is 4. The zero-order valence-corrected chi connectivity index (χ0v) is 9.23. The minimum Gasteiger partial charge on any atom is -0.396 e. The first-order valence-corrected chi connectivity index (χ1v) is 5.06. The Kier molecular flexibility index (Phi) is 2.98. The SMILES string of the molecule is Nc1cc(F)c(-c2cc(F)cc(Cl)c2)cc1F. The van der Waals surface area contributed by atoms with Crippen molar-refractivity contribution in [2.45, 2.75) is 0 Å².